The van der Waals surface area contributed by atoms with E-state index in [1.54, 1.807) is 4.40 Å². The third-order valence-electron chi connectivity index (χ3n) is 3.91. The van der Waals surface area contributed by atoms with Crippen LogP contribution >= 0.6 is 0 Å². The van der Waals surface area contributed by atoms with E-state index in [-0.39, 0.29) is 10.9 Å². The van der Waals surface area contributed by atoms with Gasteiger partial charge in [-0.05, 0) is 0 Å². The van der Waals surface area contributed by atoms with Gasteiger partial charge in [0.25, 0.3) is 0 Å². The van der Waals surface area contributed by atoms with Crippen LogP contribution in [0.1, 0.15) is 0 Å². The molecule has 0 aliphatic heterocycles. The van der Waals surface area contributed by atoms with Crippen LogP contribution in [0.5, 0.6) is 0 Å². The Hall–Kier alpha value is -1.45. The van der Waals surface area contributed by atoms with Crippen molar-refractivity contribution in [3.8, 4) is 0 Å². The predicted molar refractivity (Wildman–Crippen MR) is 104 cm³/mol. The fraction of sp³-hybridized carbons (Fsp3) is 0.143. The third-order valence-corrected chi connectivity index (χ3v) is 10.5. The molecular weight excluding hydrogens is 357 g/mol. The monoisotopic (exact) mass is 381 g/mol. The Labute approximate surface area is 145 Å². The molecule has 0 saturated carbocycles. The number of hydrogen-bond donors (Lipinski definition) is 0. The van der Waals surface area contributed by atoms with Gasteiger partial charge < -0.3 is 0 Å². The van der Waals surface area contributed by atoms with Crippen molar-refractivity contribution < 1.29 is 0 Å². The van der Waals surface area contributed by atoms with Gasteiger partial charge in [0.1, 0.15) is 0 Å². The molecule has 0 fully saturated rings. The van der Waals surface area contributed by atoms with Crippen molar-refractivity contribution in [2.45, 2.75) is 32.0 Å². The molecular formula is C21H23GeS+. The van der Waals surface area contributed by atoms with E-state index < -0.39 is 13.3 Å². The minimum atomic E-state index is -1.75. The zero-order chi connectivity index (χ0) is 16.3. The van der Waals surface area contributed by atoms with Crippen molar-refractivity contribution >= 4 is 28.6 Å². The van der Waals surface area contributed by atoms with Gasteiger partial charge in [-0.15, -0.1) is 0 Å². The molecule has 2 heteroatoms. The van der Waals surface area contributed by atoms with Crippen molar-refractivity contribution in [3.63, 3.8) is 0 Å². The topological polar surface area (TPSA) is 0 Å². The van der Waals surface area contributed by atoms with E-state index in [4.69, 9.17) is 0 Å². The van der Waals surface area contributed by atoms with E-state index in [1.165, 1.54) is 14.7 Å². The van der Waals surface area contributed by atoms with Gasteiger partial charge in [0.2, 0.25) is 0 Å². The van der Waals surface area contributed by atoms with Gasteiger partial charge >= 0.3 is 145 Å². The van der Waals surface area contributed by atoms with Crippen molar-refractivity contribution in [2.75, 3.05) is 0 Å². The fourth-order valence-electron chi connectivity index (χ4n) is 2.61. The van der Waals surface area contributed by atoms with Crippen molar-refractivity contribution in [1.29, 1.82) is 0 Å². The van der Waals surface area contributed by atoms with Crippen LogP contribution in [0, 0.1) is 0 Å². The van der Waals surface area contributed by atoms with E-state index >= 15 is 0 Å². The van der Waals surface area contributed by atoms with Gasteiger partial charge in [0.05, 0.1) is 0 Å². The summed E-state index contributed by atoms with van der Waals surface area (Å²) >= 11 is -1.75. The number of benzene rings is 3. The van der Waals surface area contributed by atoms with E-state index in [1.807, 2.05) is 0 Å². The van der Waals surface area contributed by atoms with Gasteiger partial charge in [0.15, 0.2) is 0 Å². The molecule has 3 rings (SSSR count). The second-order valence-corrected chi connectivity index (χ2v) is 19.4. The van der Waals surface area contributed by atoms with Gasteiger partial charge in [0, 0.05) is 0 Å². The molecule has 0 amide bonds. The van der Waals surface area contributed by atoms with Crippen LogP contribution in [0.25, 0.3) is 0 Å². The molecule has 0 N–H and O–H groups in total. The Kier molecular flexibility index (Phi) is 4.98. The summed E-state index contributed by atoms with van der Waals surface area (Å²) < 4.78 is 1.57. The molecule has 0 aliphatic rings. The second kappa shape index (κ2) is 6.98. The Balaban J connectivity index is 2.06. The standard InChI is InChI=1S/C21H23GeS/c1-22(2,3)18-14-16-21(17-15-18)23(19-10-6-4-7-11-19)20-12-8-5-9-13-20/h4-17H,1-3H3/q+1. The first-order valence-electron chi connectivity index (χ1n) is 8.01. The summed E-state index contributed by atoms with van der Waals surface area (Å²) in [6, 6.07) is 31.1. The van der Waals surface area contributed by atoms with E-state index in [0.717, 1.165) is 0 Å². The summed E-state index contributed by atoms with van der Waals surface area (Å²) in [4.78, 5) is 4.16. The van der Waals surface area contributed by atoms with Crippen molar-refractivity contribution in [3.05, 3.63) is 84.9 Å². The van der Waals surface area contributed by atoms with Gasteiger partial charge in [-0.25, -0.2) is 0 Å². The van der Waals surface area contributed by atoms with Crippen LogP contribution in [0.3, 0.4) is 0 Å². The van der Waals surface area contributed by atoms with Gasteiger partial charge in [-0.1, -0.05) is 0 Å². The predicted octanol–water partition coefficient (Wildman–Crippen LogP) is 5.33. The molecule has 0 atom stereocenters. The van der Waals surface area contributed by atoms with Crippen molar-refractivity contribution in [2.24, 2.45) is 0 Å². The zero-order valence-electron chi connectivity index (χ0n) is 14.0. The first kappa shape index (κ1) is 16.4. The minimum absolute atomic E-state index is 0.0289. The molecule has 0 nitrogen and oxygen atoms in total. The molecule has 0 bridgehead atoms. The zero-order valence-corrected chi connectivity index (χ0v) is 16.9. The summed E-state index contributed by atoms with van der Waals surface area (Å²) in [5, 5.41) is 0. The summed E-state index contributed by atoms with van der Waals surface area (Å²) in [6.07, 6.45) is 0. The molecule has 0 aromatic heterocycles. The number of rotatable bonds is 4. The molecule has 0 radical (unpaired) electrons. The van der Waals surface area contributed by atoms with Crippen LogP contribution in [0.15, 0.2) is 99.6 Å². The molecule has 0 aliphatic carbocycles. The molecule has 0 spiro atoms. The SMILES string of the molecule is [CH3][Ge]([CH3])([CH3])[c]1ccc([S+](c2ccccc2)c2ccccc2)cc1. The molecule has 0 saturated heterocycles. The Morgan fingerprint density at radius 2 is 0.913 bits per heavy atom. The fourth-order valence-corrected chi connectivity index (χ4v) is 7.14. The quantitative estimate of drug-likeness (QED) is 0.424. The average molecular weight is 380 g/mol. The Morgan fingerprint density at radius 3 is 1.30 bits per heavy atom. The van der Waals surface area contributed by atoms with E-state index in [9.17, 15) is 0 Å². The van der Waals surface area contributed by atoms with Gasteiger partial charge in [-0.3, -0.25) is 0 Å². The number of hydrogen-bond acceptors (Lipinski definition) is 0. The van der Waals surface area contributed by atoms with Gasteiger partial charge in [-0.2, -0.15) is 0 Å². The molecule has 23 heavy (non-hydrogen) atoms. The summed E-state index contributed by atoms with van der Waals surface area (Å²) in [5.74, 6) is 7.34. The average Bonchev–Trinajstić information content (AvgIpc) is 2.57. The summed E-state index contributed by atoms with van der Waals surface area (Å²) in [5.41, 5.74) is 0. The van der Waals surface area contributed by atoms with E-state index in [2.05, 4.69) is 102 Å². The second-order valence-electron chi connectivity index (χ2n) is 6.71. The molecule has 116 valence electrons. The molecule has 0 unspecified atom stereocenters. The molecule has 0 heterocycles. The van der Waals surface area contributed by atoms with E-state index in [0.29, 0.717) is 0 Å². The van der Waals surface area contributed by atoms with Crippen molar-refractivity contribution in [1.82, 2.24) is 0 Å². The van der Waals surface area contributed by atoms with Crippen LogP contribution < -0.4 is 4.40 Å². The van der Waals surface area contributed by atoms with Crippen LogP contribution in [-0.4, -0.2) is 13.3 Å². The Morgan fingerprint density at radius 1 is 0.522 bits per heavy atom. The Bertz CT molecular complexity index is 704. The molecule has 3 aromatic carbocycles. The third kappa shape index (κ3) is 3.91. The van der Waals surface area contributed by atoms with Crippen LogP contribution in [-0.2, 0) is 10.9 Å². The first-order chi connectivity index (χ1) is 11.1. The first-order valence-corrected chi connectivity index (χ1v) is 16.6. The summed E-state index contributed by atoms with van der Waals surface area (Å²) in [7, 11) is -0.0289. The maximum absolute atomic E-state index is 2.45. The van der Waals surface area contributed by atoms with Crippen LogP contribution in [0.2, 0.25) is 17.3 Å². The normalized spacial score (nSPS) is 11.7. The van der Waals surface area contributed by atoms with Crippen LogP contribution in [0.4, 0.5) is 0 Å². The summed E-state index contributed by atoms with van der Waals surface area (Å²) in [6.45, 7) is 0. The molecule has 3 aromatic rings. The maximum atomic E-state index is 2.45.